The first kappa shape index (κ1) is 15.9. The number of hydrogen-bond acceptors (Lipinski definition) is 5. The quantitative estimate of drug-likeness (QED) is 0.880. The Balaban J connectivity index is 2.14. The third-order valence-electron chi connectivity index (χ3n) is 3.72. The number of thiophene rings is 1. The summed E-state index contributed by atoms with van der Waals surface area (Å²) in [4.78, 5) is 3.20. The van der Waals surface area contributed by atoms with Gasteiger partial charge < -0.3 is 5.11 Å². The van der Waals surface area contributed by atoms with Gasteiger partial charge in [0, 0.05) is 43.6 Å². The van der Waals surface area contributed by atoms with Crippen molar-refractivity contribution in [3.63, 3.8) is 0 Å². The summed E-state index contributed by atoms with van der Waals surface area (Å²) in [5.41, 5.74) is 0. The van der Waals surface area contributed by atoms with Gasteiger partial charge in [0.25, 0.3) is 10.0 Å². The summed E-state index contributed by atoms with van der Waals surface area (Å²) in [6.45, 7) is 7.04. The summed E-state index contributed by atoms with van der Waals surface area (Å²) < 4.78 is 27.2. The predicted molar refractivity (Wildman–Crippen MR) is 80.6 cm³/mol. The Morgan fingerprint density at radius 1 is 1.40 bits per heavy atom. The predicted octanol–water partition coefficient (Wildman–Crippen LogP) is 0.998. The van der Waals surface area contributed by atoms with Crippen molar-refractivity contribution in [3.8, 4) is 0 Å². The van der Waals surface area contributed by atoms with Gasteiger partial charge in [-0.3, -0.25) is 4.90 Å². The fourth-order valence-corrected chi connectivity index (χ4v) is 5.53. The number of aliphatic hydroxyl groups is 1. The van der Waals surface area contributed by atoms with Crippen LogP contribution in [-0.4, -0.2) is 61.6 Å². The van der Waals surface area contributed by atoms with Crippen LogP contribution in [0.2, 0.25) is 0 Å². The summed E-state index contributed by atoms with van der Waals surface area (Å²) >= 11 is 1.26. The molecule has 7 heteroatoms. The number of nitrogens with zero attached hydrogens (tertiary/aromatic N) is 2. The van der Waals surface area contributed by atoms with Gasteiger partial charge in [-0.2, -0.15) is 4.31 Å². The number of aliphatic hydroxyl groups excluding tert-OH is 1. The molecule has 0 amide bonds. The van der Waals surface area contributed by atoms with E-state index in [4.69, 9.17) is 5.11 Å². The van der Waals surface area contributed by atoms with Crippen molar-refractivity contribution in [1.82, 2.24) is 9.21 Å². The van der Waals surface area contributed by atoms with Crippen molar-refractivity contribution in [2.75, 3.05) is 32.8 Å². The van der Waals surface area contributed by atoms with Gasteiger partial charge in [0.05, 0.1) is 0 Å². The van der Waals surface area contributed by atoms with Gasteiger partial charge in [-0.05, 0) is 25.6 Å². The Kier molecular flexibility index (Phi) is 5.19. The molecule has 0 bridgehead atoms. The third kappa shape index (κ3) is 3.23. The SMILES string of the molecule is CCN1CCN(S(=O)(=O)c2ccc(CCO)s2)CC1C. The van der Waals surface area contributed by atoms with E-state index in [1.165, 1.54) is 11.3 Å². The van der Waals surface area contributed by atoms with Crippen LogP contribution in [-0.2, 0) is 16.4 Å². The zero-order valence-electron chi connectivity index (χ0n) is 11.9. The Bertz CT molecular complexity index is 542. The van der Waals surface area contributed by atoms with Gasteiger partial charge in [0.15, 0.2) is 0 Å². The van der Waals surface area contributed by atoms with Crippen LogP contribution in [0.4, 0.5) is 0 Å². The van der Waals surface area contributed by atoms with Gasteiger partial charge in [-0.25, -0.2) is 8.42 Å². The largest absolute Gasteiger partial charge is 0.396 e. The molecule has 2 heterocycles. The smallest absolute Gasteiger partial charge is 0.252 e. The van der Waals surface area contributed by atoms with Crippen molar-refractivity contribution in [1.29, 1.82) is 0 Å². The number of sulfonamides is 1. The molecule has 5 nitrogen and oxygen atoms in total. The standard InChI is InChI=1S/C13H22N2O3S2/c1-3-14-7-8-15(10-11(14)2)20(17,18)13-5-4-12(19-13)6-9-16/h4-5,11,16H,3,6-10H2,1-2H3. The molecule has 20 heavy (non-hydrogen) atoms. The summed E-state index contributed by atoms with van der Waals surface area (Å²) in [7, 11) is -3.38. The van der Waals surface area contributed by atoms with Gasteiger partial charge >= 0.3 is 0 Å². The van der Waals surface area contributed by atoms with Gasteiger partial charge in [-0.1, -0.05) is 6.92 Å². The molecule has 0 radical (unpaired) electrons. The minimum atomic E-state index is -3.38. The molecule has 0 aliphatic carbocycles. The van der Waals surface area contributed by atoms with E-state index in [1.54, 1.807) is 16.4 Å². The van der Waals surface area contributed by atoms with Crippen LogP contribution in [0.5, 0.6) is 0 Å². The Labute approximate surface area is 124 Å². The summed E-state index contributed by atoms with van der Waals surface area (Å²) in [5, 5.41) is 8.91. The van der Waals surface area contributed by atoms with E-state index in [2.05, 4.69) is 18.7 Å². The molecule has 0 aromatic carbocycles. The van der Waals surface area contributed by atoms with E-state index in [1.807, 2.05) is 0 Å². The van der Waals surface area contributed by atoms with Gasteiger partial charge in [0.2, 0.25) is 0 Å². The van der Waals surface area contributed by atoms with Crippen LogP contribution in [0.15, 0.2) is 16.3 Å². The van der Waals surface area contributed by atoms with Crippen LogP contribution in [0.25, 0.3) is 0 Å². The molecule has 1 saturated heterocycles. The maximum Gasteiger partial charge on any atom is 0.252 e. The van der Waals surface area contributed by atoms with Crippen molar-refractivity contribution in [2.45, 2.75) is 30.5 Å². The topological polar surface area (TPSA) is 60.9 Å². The van der Waals surface area contributed by atoms with Gasteiger partial charge in [-0.15, -0.1) is 11.3 Å². The van der Waals surface area contributed by atoms with Crippen molar-refractivity contribution >= 4 is 21.4 Å². The molecule has 1 fully saturated rings. The lowest BCUT2D eigenvalue weighted by atomic mass is 10.2. The van der Waals surface area contributed by atoms with E-state index in [-0.39, 0.29) is 12.6 Å². The summed E-state index contributed by atoms with van der Waals surface area (Å²) in [6.07, 6.45) is 0.514. The molecule has 1 aromatic rings. The summed E-state index contributed by atoms with van der Waals surface area (Å²) in [5.74, 6) is 0. The first-order valence-corrected chi connectivity index (χ1v) is 9.18. The molecule has 1 aliphatic heterocycles. The van der Waals surface area contributed by atoms with Crippen LogP contribution < -0.4 is 0 Å². The lowest BCUT2D eigenvalue weighted by Crippen LogP contribution is -2.53. The van der Waals surface area contributed by atoms with Crippen LogP contribution in [0.1, 0.15) is 18.7 Å². The van der Waals surface area contributed by atoms with Crippen molar-refractivity contribution in [3.05, 3.63) is 17.0 Å². The Morgan fingerprint density at radius 3 is 2.75 bits per heavy atom. The van der Waals surface area contributed by atoms with Gasteiger partial charge in [0.1, 0.15) is 4.21 Å². The maximum absolute atomic E-state index is 12.6. The molecule has 2 rings (SSSR count). The molecule has 1 N–H and O–H groups in total. The van der Waals surface area contributed by atoms with E-state index in [0.29, 0.717) is 23.7 Å². The lowest BCUT2D eigenvalue weighted by Gasteiger charge is -2.38. The second-order valence-corrected chi connectivity index (χ2v) is 8.37. The fraction of sp³-hybridized carbons (Fsp3) is 0.692. The highest BCUT2D eigenvalue weighted by atomic mass is 32.2. The second-order valence-electron chi connectivity index (χ2n) is 5.04. The first-order chi connectivity index (χ1) is 9.48. The number of hydrogen-bond donors (Lipinski definition) is 1. The first-order valence-electron chi connectivity index (χ1n) is 6.92. The zero-order valence-corrected chi connectivity index (χ0v) is 13.6. The third-order valence-corrected chi connectivity index (χ3v) is 7.20. The summed E-state index contributed by atoms with van der Waals surface area (Å²) in [6, 6.07) is 3.70. The molecule has 114 valence electrons. The normalized spacial score (nSPS) is 22.2. The number of likely N-dealkylation sites (N-methyl/N-ethyl adjacent to an activating group) is 1. The molecule has 1 aliphatic rings. The molecule has 1 unspecified atom stereocenters. The van der Waals surface area contributed by atoms with Crippen LogP contribution in [0.3, 0.4) is 0 Å². The Hall–Kier alpha value is -0.470. The fourth-order valence-electron chi connectivity index (χ4n) is 2.52. The number of piperazine rings is 1. The highest BCUT2D eigenvalue weighted by Crippen LogP contribution is 2.26. The van der Waals surface area contributed by atoms with E-state index in [9.17, 15) is 8.42 Å². The second kappa shape index (κ2) is 6.53. The molecule has 0 saturated carbocycles. The van der Waals surface area contributed by atoms with Crippen LogP contribution in [0, 0.1) is 0 Å². The van der Waals surface area contributed by atoms with Crippen molar-refractivity contribution in [2.24, 2.45) is 0 Å². The van der Waals surface area contributed by atoms with E-state index in [0.717, 1.165) is 18.0 Å². The monoisotopic (exact) mass is 318 g/mol. The molecule has 1 aromatic heterocycles. The highest BCUT2D eigenvalue weighted by Gasteiger charge is 2.32. The minimum absolute atomic E-state index is 0.0478. The van der Waals surface area contributed by atoms with Crippen LogP contribution >= 0.6 is 11.3 Å². The average molecular weight is 318 g/mol. The van der Waals surface area contributed by atoms with E-state index < -0.39 is 10.0 Å². The molecule has 0 spiro atoms. The maximum atomic E-state index is 12.6. The average Bonchev–Trinajstić information content (AvgIpc) is 2.88. The highest BCUT2D eigenvalue weighted by molar-refractivity contribution is 7.91. The number of rotatable bonds is 5. The molecular weight excluding hydrogens is 296 g/mol. The minimum Gasteiger partial charge on any atom is -0.396 e. The molecule has 1 atom stereocenters. The zero-order chi connectivity index (χ0) is 14.8. The molecular formula is C13H22N2O3S2. The van der Waals surface area contributed by atoms with E-state index >= 15 is 0 Å². The van der Waals surface area contributed by atoms with Crippen molar-refractivity contribution < 1.29 is 13.5 Å². The Morgan fingerprint density at radius 2 is 2.15 bits per heavy atom. The lowest BCUT2D eigenvalue weighted by molar-refractivity contribution is 0.136.